The van der Waals surface area contributed by atoms with Gasteiger partial charge in [0.15, 0.2) is 0 Å². The third-order valence-electron chi connectivity index (χ3n) is 3.80. The molecule has 0 atom stereocenters. The minimum atomic E-state index is 0.639. The van der Waals surface area contributed by atoms with Crippen molar-refractivity contribution in [3.8, 4) is 5.75 Å². The van der Waals surface area contributed by atoms with E-state index >= 15 is 0 Å². The van der Waals surface area contributed by atoms with Crippen LogP contribution in [-0.2, 0) is 6.54 Å². The Labute approximate surface area is 111 Å². The molecule has 2 nitrogen and oxygen atoms in total. The number of hydrogen-bond donors (Lipinski definition) is 1. The molecule has 0 radical (unpaired) electrons. The van der Waals surface area contributed by atoms with E-state index in [-0.39, 0.29) is 0 Å². The predicted octanol–water partition coefficient (Wildman–Crippen LogP) is 3.76. The number of hydrogen-bond acceptors (Lipinski definition) is 2. The highest BCUT2D eigenvalue weighted by Gasteiger charge is 2.40. The fourth-order valence-corrected chi connectivity index (χ4v) is 2.56. The van der Waals surface area contributed by atoms with Crippen LogP contribution in [0.1, 0.15) is 45.1 Å². The first-order chi connectivity index (χ1) is 8.78. The van der Waals surface area contributed by atoms with Gasteiger partial charge >= 0.3 is 0 Å². The molecule has 1 aromatic rings. The molecule has 18 heavy (non-hydrogen) atoms. The fraction of sp³-hybridized carbons (Fsp3) is 0.625. The molecular formula is C16H25NO. The van der Waals surface area contributed by atoms with Crippen molar-refractivity contribution in [3.63, 3.8) is 0 Å². The van der Waals surface area contributed by atoms with Gasteiger partial charge in [0.1, 0.15) is 5.75 Å². The Balaban J connectivity index is 1.73. The molecule has 1 aliphatic rings. The summed E-state index contributed by atoms with van der Waals surface area (Å²) in [6.07, 6.45) is 5.52. The minimum Gasteiger partial charge on any atom is -0.494 e. The summed E-state index contributed by atoms with van der Waals surface area (Å²) in [5.74, 6) is 0.964. The molecule has 0 amide bonds. The van der Waals surface area contributed by atoms with Crippen LogP contribution in [0.2, 0.25) is 0 Å². The van der Waals surface area contributed by atoms with Crippen LogP contribution in [0.15, 0.2) is 24.3 Å². The monoisotopic (exact) mass is 247 g/mol. The second kappa shape index (κ2) is 6.24. The zero-order valence-corrected chi connectivity index (χ0v) is 11.7. The number of rotatable bonds is 8. The predicted molar refractivity (Wildman–Crippen MR) is 75.9 cm³/mol. The molecule has 1 aromatic carbocycles. The average Bonchev–Trinajstić information content (AvgIpc) is 3.12. The fourth-order valence-electron chi connectivity index (χ4n) is 2.56. The van der Waals surface area contributed by atoms with Crippen molar-refractivity contribution in [3.05, 3.63) is 29.8 Å². The summed E-state index contributed by atoms with van der Waals surface area (Å²) in [5, 5.41) is 3.60. The van der Waals surface area contributed by atoms with Crippen LogP contribution in [0.25, 0.3) is 0 Å². The lowest BCUT2D eigenvalue weighted by Gasteiger charge is -2.15. The average molecular weight is 247 g/mol. The first-order valence-electron chi connectivity index (χ1n) is 7.20. The van der Waals surface area contributed by atoms with Crippen molar-refractivity contribution in [1.29, 1.82) is 0 Å². The van der Waals surface area contributed by atoms with Gasteiger partial charge in [0.2, 0.25) is 0 Å². The van der Waals surface area contributed by atoms with Gasteiger partial charge in [-0.2, -0.15) is 0 Å². The Morgan fingerprint density at radius 3 is 2.44 bits per heavy atom. The Morgan fingerprint density at radius 2 is 1.89 bits per heavy atom. The van der Waals surface area contributed by atoms with Crippen molar-refractivity contribution in [2.75, 3.05) is 13.2 Å². The van der Waals surface area contributed by atoms with Crippen molar-refractivity contribution >= 4 is 0 Å². The molecule has 0 aliphatic heterocycles. The molecule has 2 heteroatoms. The SMILES string of the molecule is CCCC1(CNCc2ccc(OCC)cc2)CC1. The number of nitrogens with one attached hydrogen (secondary N) is 1. The summed E-state index contributed by atoms with van der Waals surface area (Å²) in [6.45, 7) is 7.17. The van der Waals surface area contributed by atoms with Crippen molar-refractivity contribution in [1.82, 2.24) is 5.32 Å². The molecule has 1 N–H and O–H groups in total. The first kappa shape index (κ1) is 13.4. The first-order valence-corrected chi connectivity index (χ1v) is 7.20. The number of benzene rings is 1. The Bertz CT molecular complexity index is 354. The third-order valence-corrected chi connectivity index (χ3v) is 3.80. The molecule has 0 aromatic heterocycles. The molecule has 0 heterocycles. The summed E-state index contributed by atoms with van der Waals surface area (Å²) in [7, 11) is 0. The maximum atomic E-state index is 5.44. The van der Waals surface area contributed by atoms with Gasteiger partial charge in [-0.1, -0.05) is 25.5 Å². The molecule has 1 fully saturated rings. The minimum absolute atomic E-state index is 0.639. The lowest BCUT2D eigenvalue weighted by Crippen LogP contribution is -2.23. The highest BCUT2D eigenvalue weighted by molar-refractivity contribution is 5.27. The lowest BCUT2D eigenvalue weighted by molar-refractivity contribution is 0.340. The maximum Gasteiger partial charge on any atom is 0.119 e. The second-order valence-corrected chi connectivity index (χ2v) is 5.43. The van der Waals surface area contributed by atoms with Crippen LogP contribution >= 0.6 is 0 Å². The van der Waals surface area contributed by atoms with Gasteiger partial charge < -0.3 is 10.1 Å². The molecule has 0 saturated heterocycles. The van der Waals surface area contributed by atoms with Gasteiger partial charge in [0, 0.05) is 13.1 Å². The van der Waals surface area contributed by atoms with E-state index in [1.165, 1.54) is 37.8 Å². The second-order valence-electron chi connectivity index (χ2n) is 5.43. The van der Waals surface area contributed by atoms with E-state index in [0.717, 1.165) is 18.9 Å². The molecule has 1 aliphatic carbocycles. The zero-order chi connectivity index (χ0) is 12.8. The molecular weight excluding hydrogens is 222 g/mol. The van der Waals surface area contributed by atoms with Crippen LogP contribution in [0.4, 0.5) is 0 Å². The normalized spacial score (nSPS) is 16.6. The lowest BCUT2D eigenvalue weighted by atomic mass is 10.0. The van der Waals surface area contributed by atoms with E-state index in [4.69, 9.17) is 4.74 Å². The van der Waals surface area contributed by atoms with E-state index in [0.29, 0.717) is 5.41 Å². The largest absolute Gasteiger partial charge is 0.494 e. The number of ether oxygens (including phenoxy) is 1. The zero-order valence-electron chi connectivity index (χ0n) is 11.7. The summed E-state index contributed by atoms with van der Waals surface area (Å²) < 4.78 is 5.44. The molecule has 2 rings (SSSR count). The van der Waals surface area contributed by atoms with E-state index in [1.807, 2.05) is 6.92 Å². The van der Waals surface area contributed by atoms with E-state index in [2.05, 4.69) is 36.5 Å². The van der Waals surface area contributed by atoms with Gasteiger partial charge in [0.25, 0.3) is 0 Å². The highest BCUT2D eigenvalue weighted by atomic mass is 16.5. The Morgan fingerprint density at radius 1 is 1.17 bits per heavy atom. The van der Waals surface area contributed by atoms with Crippen LogP contribution < -0.4 is 10.1 Å². The quantitative estimate of drug-likeness (QED) is 0.755. The van der Waals surface area contributed by atoms with Crippen LogP contribution in [0.5, 0.6) is 5.75 Å². The van der Waals surface area contributed by atoms with Crippen molar-refractivity contribution < 1.29 is 4.74 Å². The smallest absolute Gasteiger partial charge is 0.119 e. The summed E-state index contributed by atoms with van der Waals surface area (Å²) in [4.78, 5) is 0. The van der Waals surface area contributed by atoms with Gasteiger partial charge in [-0.25, -0.2) is 0 Å². The molecule has 0 spiro atoms. The summed E-state index contributed by atoms with van der Waals surface area (Å²) in [5.41, 5.74) is 1.98. The van der Waals surface area contributed by atoms with Gasteiger partial charge in [0.05, 0.1) is 6.61 Å². The maximum absolute atomic E-state index is 5.44. The Kier molecular flexibility index (Phi) is 4.65. The topological polar surface area (TPSA) is 21.3 Å². The van der Waals surface area contributed by atoms with Crippen molar-refractivity contribution in [2.24, 2.45) is 5.41 Å². The third kappa shape index (κ3) is 3.74. The summed E-state index contributed by atoms with van der Waals surface area (Å²) in [6, 6.07) is 8.41. The van der Waals surface area contributed by atoms with Crippen LogP contribution in [-0.4, -0.2) is 13.2 Å². The van der Waals surface area contributed by atoms with E-state index < -0.39 is 0 Å². The highest BCUT2D eigenvalue weighted by Crippen LogP contribution is 2.48. The van der Waals surface area contributed by atoms with E-state index in [1.54, 1.807) is 0 Å². The van der Waals surface area contributed by atoms with Crippen molar-refractivity contribution in [2.45, 2.75) is 46.1 Å². The van der Waals surface area contributed by atoms with E-state index in [9.17, 15) is 0 Å². The van der Waals surface area contributed by atoms with Crippen LogP contribution in [0, 0.1) is 5.41 Å². The van der Waals surface area contributed by atoms with Crippen LogP contribution in [0.3, 0.4) is 0 Å². The molecule has 0 unspecified atom stereocenters. The Hall–Kier alpha value is -1.02. The standard InChI is InChI=1S/C16H25NO/c1-3-9-16(10-11-16)13-17-12-14-5-7-15(8-6-14)18-4-2/h5-8,17H,3-4,9-13H2,1-2H3. The summed E-state index contributed by atoms with van der Waals surface area (Å²) >= 11 is 0. The van der Waals surface area contributed by atoms with Gasteiger partial charge in [-0.3, -0.25) is 0 Å². The van der Waals surface area contributed by atoms with Gasteiger partial charge in [-0.15, -0.1) is 0 Å². The molecule has 1 saturated carbocycles. The molecule has 0 bridgehead atoms. The molecule has 100 valence electrons. The van der Waals surface area contributed by atoms with Gasteiger partial charge in [-0.05, 0) is 49.3 Å².